The third-order valence-electron chi connectivity index (χ3n) is 3.80. The molecule has 0 aliphatic carbocycles. The molecule has 5 heteroatoms. The van der Waals surface area contributed by atoms with Gasteiger partial charge in [-0.2, -0.15) is 0 Å². The van der Waals surface area contributed by atoms with Gasteiger partial charge in [0, 0.05) is 6.54 Å². The zero-order valence-corrected chi connectivity index (χ0v) is 12.9. The number of ether oxygens (including phenoxy) is 1. The SMILES string of the molecule is COc1ccc(N2C(=O)CN(Cc3ccccc3)CC2=O)cc1. The molecule has 2 amide bonds. The molecule has 1 heterocycles. The van der Waals surface area contributed by atoms with Crippen molar-refractivity contribution in [1.29, 1.82) is 0 Å². The average molecular weight is 310 g/mol. The van der Waals surface area contributed by atoms with Crippen LogP contribution in [0.15, 0.2) is 54.6 Å². The molecule has 1 fully saturated rings. The molecule has 0 spiro atoms. The van der Waals surface area contributed by atoms with Crippen LogP contribution in [0.5, 0.6) is 5.75 Å². The van der Waals surface area contributed by atoms with Crippen LogP contribution in [0.1, 0.15) is 5.56 Å². The van der Waals surface area contributed by atoms with E-state index in [2.05, 4.69) is 0 Å². The summed E-state index contributed by atoms with van der Waals surface area (Å²) >= 11 is 0. The first-order chi connectivity index (χ1) is 11.2. The highest BCUT2D eigenvalue weighted by Gasteiger charge is 2.32. The summed E-state index contributed by atoms with van der Waals surface area (Å²) in [5, 5.41) is 0. The fraction of sp³-hybridized carbons (Fsp3) is 0.222. The first kappa shape index (κ1) is 15.2. The predicted molar refractivity (Wildman–Crippen MR) is 87.2 cm³/mol. The number of hydrogen-bond acceptors (Lipinski definition) is 4. The van der Waals surface area contributed by atoms with E-state index in [0.29, 0.717) is 18.0 Å². The zero-order valence-electron chi connectivity index (χ0n) is 12.9. The standard InChI is InChI=1S/C18H18N2O3/c1-23-16-9-7-15(8-10-16)20-17(21)12-19(13-18(20)22)11-14-5-3-2-4-6-14/h2-10H,11-13H2,1H3. The number of imide groups is 1. The molecule has 0 radical (unpaired) electrons. The smallest absolute Gasteiger partial charge is 0.247 e. The maximum Gasteiger partial charge on any atom is 0.247 e. The van der Waals surface area contributed by atoms with E-state index in [-0.39, 0.29) is 24.9 Å². The summed E-state index contributed by atoms with van der Waals surface area (Å²) in [6, 6.07) is 16.8. The largest absolute Gasteiger partial charge is 0.497 e. The molecule has 1 aliphatic rings. The Hall–Kier alpha value is -2.66. The molecule has 1 saturated heterocycles. The summed E-state index contributed by atoms with van der Waals surface area (Å²) in [5.41, 5.74) is 1.67. The quantitative estimate of drug-likeness (QED) is 0.811. The van der Waals surface area contributed by atoms with Gasteiger partial charge in [0.15, 0.2) is 0 Å². The van der Waals surface area contributed by atoms with Crippen LogP contribution in [0.2, 0.25) is 0 Å². The van der Waals surface area contributed by atoms with Crippen LogP contribution in [0, 0.1) is 0 Å². The van der Waals surface area contributed by atoms with E-state index in [0.717, 1.165) is 5.56 Å². The number of benzene rings is 2. The molecule has 0 aromatic heterocycles. The number of carbonyl (C=O) groups excluding carboxylic acids is 2. The minimum Gasteiger partial charge on any atom is -0.497 e. The summed E-state index contributed by atoms with van der Waals surface area (Å²) in [6.07, 6.45) is 0. The van der Waals surface area contributed by atoms with Crippen LogP contribution in [-0.4, -0.2) is 36.9 Å². The Bertz CT molecular complexity index is 680. The van der Waals surface area contributed by atoms with Crippen LogP contribution in [0.25, 0.3) is 0 Å². The molecule has 5 nitrogen and oxygen atoms in total. The summed E-state index contributed by atoms with van der Waals surface area (Å²) < 4.78 is 5.10. The van der Waals surface area contributed by atoms with Gasteiger partial charge < -0.3 is 4.74 Å². The molecular weight excluding hydrogens is 292 g/mol. The maximum atomic E-state index is 12.4. The fourth-order valence-corrected chi connectivity index (χ4v) is 2.69. The minimum absolute atomic E-state index is 0.206. The highest BCUT2D eigenvalue weighted by molar-refractivity contribution is 6.17. The van der Waals surface area contributed by atoms with Crippen LogP contribution in [0.3, 0.4) is 0 Å². The topological polar surface area (TPSA) is 49.9 Å². The van der Waals surface area contributed by atoms with Gasteiger partial charge in [-0.3, -0.25) is 14.5 Å². The summed E-state index contributed by atoms with van der Waals surface area (Å²) in [4.78, 5) is 27.9. The van der Waals surface area contributed by atoms with Crippen LogP contribution < -0.4 is 9.64 Å². The van der Waals surface area contributed by atoms with Crippen molar-refractivity contribution in [3.05, 3.63) is 60.2 Å². The molecular formula is C18H18N2O3. The summed E-state index contributed by atoms with van der Waals surface area (Å²) in [5.74, 6) is 0.279. The van der Waals surface area contributed by atoms with Crippen LogP contribution in [0.4, 0.5) is 5.69 Å². The molecule has 2 aromatic rings. The van der Waals surface area contributed by atoms with Gasteiger partial charge in [0.25, 0.3) is 0 Å². The molecule has 1 aliphatic heterocycles. The Morgan fingerprint density at radius 3 is 2.09 bits per heavy atom. The van der Waals surface area contributed by atoms with Crippen molar-refractivity contribution < 1.29 is 14.3 Å². The molecule has 3 rings (SSSR count). The van der Waals surface area contributed by atoms with E-state index in [4.69, 9.17) is 4.74 Å². The molecule has 0 atom stereocenters. The third kappa shape index (κ3) is 3.40. The second-order valence-corrected chi connectivity index (χ2v) is 5.45. The van der Waals surface area contributed by atoms with Crippen LogP contribution >= 0.6 is 0 Å². The lowest BCUT2D eigenvalue weighted by molar-refractivity contribution is -0.132. The van der Waals surface area contributed by atoms with Gasteiger partial charge in [-0.15, -0.1) is 0 Å². The number of amides is 2. The van der Waals surface area contributed by atoms with Gasteiger partial charge in [-0.1, -0.05) is 30.3 Å². The lowest BCUT2D eigenvalue weighted by Gasteiger charge is -2.32. The molecule has 0 N–H and O–H groups in total. The van der Waals surface area contributed by atoms with Gasteiger partial charge in [-0.05, 0) is 29.8 Å². The number of anilines is 1. The van der Waals surface area contributed by atoms with E-state index in [1.165, 1.54) is 4.90 Å². The Kier molecular flexibility index (Phi) is 4.39. The van der Waals surface area contributed by atoms with E-state index in [1.54, 1.807) is 31.4 Å². The number of hydrogen-bond donors (Lipinski definition) is 0. The van der Waals surface area contributed by atoms with E-state index >= 15 is 0 Å². The minimum atomic E-state index is -0.206. The van der Waals surface area contributed by atoms with Gasteiger partial charge in [0.05, 0.1) is 25.9 Å². The first-order valence-corrected chi connectivity index (χ1v) is 7.43. The van der Waals surface area contributed by atoms with E-state index in [9.17, 15) is 9.59 Å². The fourth-order valence-electron chi connectivity index (χ4n) is 2.69. The lowest BCUT2D eigenvalue weighted by Crippen LogP contribution is -2.53. The number of rotatable bonds is 4. The molecule has 0 saturated carbocycles. The third-order valence-corrected chi connectivity index (χ3v) is 3.80. The van der Waals surface area contributed by atoms with Crippen molar-refractivity contribution >= 4 is 17.5 Å². The Labute approximate surface area is 135 Å². The van der Waals surface area contributed by atoms with Crippen molar-refractivity contribution in [2.45, 2.75) is 6.54 Å². The van der Waals surface area contributed by atoms with Gasteiger partial charge >= 0.3 is 0 Å². The summed E-state index contributed by atoms with van der Waals surface area (Å²) in [7, 11) is 1.58. The second kappa shape index (κ2) is 6.62. The molecule has 118 valence electrons. The Balaban J connectivity index is 1.72. The maximum absolute atomic E-state index is 12.4. The van der Waals surface area contributed by atoms with E-state index in [1.807, 2.05) is 35.2 Å². The lowest BCUT2D eigenvalue weighted by atomic mass is 10.1. The molecule has 23 heavy (non-hydrogen) atoms. The molecule has 0 bridgehead atoms. The normalized spacial score (nSPS) is 15.8. The van der Waals surface area contributed by atoms with Gasteiger partial charge in [-0.25, -0.2) is 4.90 Å². The Morgan fingerprint density at radius 2 is 1.52 bits per heavy atom. The first-order valence-electron chi connectivity index (χ1n) is 7.43. The van der Waals surface area contributed by atoms with Crippen molar-refractivity contribution in [3.8, 4) is 5.75 Å². The highest BCUT2D eigenvalue weighted by atomic mass is 16.5. The number of piperazine rings is 1. The van der Waals surface area contributed by atoms with Crippen molar-refractivity contribution in [3.63, 3.8) is 0 Å². The number of carbonyl (C=O) groups is 2. The van der Waals surface area contributed by atoms with Crippen molar-refractivity contribution in [2.24, 2.45) is 0 Å². The monoisotopic (exact) mass is 310 g/mol. The highest BCUT2D eigenvalue weighted by Crippen LogP contribution is 2.22. The second-order valence-electron chi connectivity index (χ2n) is 5.45. The van der Waals surface area contributed by atoms with Crippen molar-refractivity contribution in [1.82, 2.24) is 4.90 Å². The van der Waals surface area contributed by atoms with Crippen LogP contribution in [-0.2, 0) is 16.1 Å². The molecule has 0 unspecified atom stereocenters. The van der Waals surface area contributed by atoms with Gasteiger partial charge in [0.2, 0.25) is 11.8 Å². The number of methoxy groups -OCH3 is 1. The average Bonchev–Trinajstić information content (AvgIpc) is 2.56. The predicted octanol–water partition coefficient (Wildman–Crippen LogP) is 2.07. The zero-order chi connectivity index (χ0) is 16.2. The van der Waals surface area contributed by atoms with E-state index < -0.39 is 0 Å². The summed E-state index contributed by atoms with van der Waals surface area (Å²) in [6.45, 7) is 1.05. The number of nitrogens with zero attached hydrogens (tertiary/aromatic N) is 2. The molecule has 2 aromatic carbocycles. The van der Waals surface area contributed by atoms with Gasteiger partial charge in [0.1, 0.15) is 5.75 Å². The Morgan fingerprint density at radius 1 is 0.913 bits per heavy atom. The van der Waals surface area contributed by atoms with Crippen molar-refractivity contribution in [2.75, 3.05) is 25.1 Å².